The molecule has 0 amide bonds. The Morgan fingerprint density at radius 3 is 2.67 bits per heavy atom. The molecule has 0 saturated carbocycles. The monoisotopic (exact) mass is 226 g/mol. The Morgan fingerprint density at radius 2 is 2.13 bits per heavy atom. The van der Waals surface area contributed by atoms with Gasteiger partial charge in [0.1, 0.15) is 0 Å². The molecule has 0 saturated heterocycles. The second kappa shape index (κ2) is 5.38. The summed E-state index contributed by atoms with van der Waals surface area (Å²) in [5.41, 5.74) is 7.62. The lowest BCUT2D eigenvalue weighted by molar-refractivity contribution is 0.244. The van der Waals surface area contributed by atoms with Crippen LogP contribution in [0.3, 0.4) is 0 Å². The van der Waals surface area contributed by atoms with Gasteiger partial charge in [0.05, 0.1) is 10.7 Å². The summed E-state index contributed by atoms with van der Waals surface area (Å²) in [4.78, 5) is 2.31. The van der Waals surface area contributed by atoms with Crippen LogP contribution in [-0.2, 0) is 6.54 Å². The highest BCUT2D eigenvalue weighted by Gasteiger charge is 2.07. The first kappa shape index (κ1) is 12.3. The van der Waals surface area contributed by atoms with Crippen LogP contribution in [-0.4, -0.2) is 18.0 Å². The fourth-order valence-corrected chi connectivity index (χ4v) is 1.56. The Bertz CT molecular complexity index is 325. The second-order valence-electron chi connectivity index (χ2n) is 4.03. The standard InChI is InChI=1S/C12H19ClN2/c1-4-9(2)15(3)8-10-5-6-11(13)12(14)7-10/h5-7,9H,4,8,14H2,1-3H3. The van der Waals surface area contributed by atoms with Gasteiger partial charge in [0, 0.05) is 12.6 Å². The first-order valence-electron chi connectivity index (χ1n) is 5.28. The van der Waals surface area contributed by atoms with Crippen molar-refractivity contribution in [2.24, 2.45) is 0 Å². The zero-order valence-electron chi connectivity index (χ0n) is 9.63. The summed E-state index contributed by atoms with van der Waals surface area (Å²) >= 11 is 5.87. The van der Waals surface area contributed by atoms with Gasteiger partial charge in [-0.1, -0.05) is 24.6 Å². The number of halogens is 1. The molecule has 0 aliphatic heterocycles. The third-order valence-corrected chi connectivity index (χ3v) is 3.18. The van der Waals surface area contributed by atoms with Crippen LogP contribution < -0.4 is 5.73 Å². The number of anilines is 1. The molecule has 0 bridgehead atoms. The Balaban J connectivity index is 2.68. The van der Waals surface area contributed by atoms with Crippen molar-refractivity contribution >= 4 is 17.3 Å². The summed E-state index contributed by atoms with van der Waals surface area (Å²) in [6.45, 7) is 5.33. The van der Waals surface area contributed by atoms with E-state index in [0.29, 0.717) is 16.8 Å². The molecule has 0 aliphatic carbocycles. The fraction of sp³-hybridized carbons (Fsp3) is 0.500. The van der Waals surface area contributed by atoms with Crippen LogP contribution in [0.1, 0.15) is 25.8 Å². The van der Waals surface area contributed by atoms with Gasteiger partial charge in [0.15, 0.2) is 0 Å². The largest absolute Gasteiger partial charge is 0.398 e. The van der Waals surface area contributed by atoms with Crippen LogP contribution in [0, 0.1) is 0 Å². The lowest BCUT2D eigenvalue weighted by Crippen LogP contribution is -2.27. The van der Waals surface area contributed by atoms with Crippen LogP contribution >= 0.6 is 11.6 Å². The molecule has 2 nitrogen and oxygen atoms in total. The molecule has 1 aromatic carbocycles. The van der Waals surface area contributed by atoms with Gasteiger partial charge in [-0.25, -0.2) is 0 Å². The Hall–Kier alpha value is -0.730. The van der Waals surface area contributed by atoms with E-state index in [2.05, 4.69) is 25.8 Å². The molecule has 0 aliphatic rings. The lowest BCUT2D eigenvalue weighted by Gasteiger charge is -2.23. The Morgan fingerprint density at radius 1 is 1.47 bits per heavy atom. The smallest absolute Gasteiger partial charge is 0.0635 e. The van der Waals surface area contributed by atoms with Gasteiger partial charge in [-0.15, -0.1) is 0 Å². The van der Waals surface area contributed by atoms with Gasteiger partial charge in [-0.05, 0) is 38.1 Å². The molecule has 1 unspecified atom stereocenters. The number of nitrogen functional groups attached to an aromatic ring is 1. The van der Waals surface area contributed by atoms with E-state index in [1.807, 2.05) is 18.2 Å². The molecule has 0 fully saturated rings. The van der Waals surface area contributed by atoms with Crippen molar-refractivity contribution in [3.8, 4) is 0 Å². The van der Waals surface area contributed by atoms with Crippen LogP contribution in [0.5, 0.6) is 0 Å². The van der Waals surface area contributed by atoms with Gasteiger partial charge in [-0.3, -0.25) is 4.90 Å². The van der Waals surface area contributed by atoms with Crippen LogP contribution in [0.4, 0.5) is 5.69 Å². The van der Waals surface area contributed by atoms with Crippen molar-refractivity contribution in [3.63, 3.8) is 0 Å². The minimum atomic E-state index is 0.585. The van der Waals surface area contributed by atoms with Crippen LogP contribution in [0.15, 0.2) is 18.2 Å². The molecule has 84 valence electrons. The van der Waals surface area contributed by atoms with E-state index in [1.165, 1.54) is 5.56 Å². The number of benzene rings is 1. The van der Waals surface area contributed by atoms with Gasteiger partial charge in [0.25, 0.3) is 0 Å². The van der Waals surface area contributed by atoms with Crippen LogP contribution in [0.2, 0.25) is 5.02 Å². The van der Waals surface area contributed by atoms with Crippen molar-refractivity contribution < 1.29 is 0 Å². The van der Waals surface area contributed by atoms with E-state index < -0.39 is 0 Å². The van der Waals surface area contributed by atoms with Crippen molar-refractivity contribution in [1.82, 2.24) is 4.90 Å². The quantitative estimate of drug-likeness (QED) is 0.800. The van der Waals surface area contributed by atoms with E-state index in [4.69, 9.17) is 17.3 Å². The second-order valence-corrected chi connectivity index (χ2v) is 4.44. The third kappa shape index (κ3) is 3.40. The number of nitrogens with zero attached hydrogens (tertiary/aromatic N) is 1. The Labute approximate surface area is 97.0 Å². The maximum atomic E-state index is 5.87. The number of hydrogen-bond donors (Lipinski definition) is 1. The average molecular weight is 227 g/mol. The molecular weight excluding hydrogens is 208 g/mol. The minimum Gasteiger partial charge on any atom is -0.398 e. The molecule has 15 heavy (non-hydrogen) atoms. The predicted octanol–water partition coefficient (Wildman–Crippen LogP) is 3.15. The maximum Gasteiger partial charge on any atom is 0.0635 e. The predicted molar refractivity (Wildman–Crippen MR) is 67.1 cm³/mol. The molecule has 0 spiro atoms. The average Bonchev–Trinajstić information content (AvgIpc) is 2.22. The molecule has 2 N–H and O–H groups in total. The SMILES string of the molecule is CCC(C)N(C)Cc1ccc(Cl)c(N)c1. The summed E-state index contributed by atoms with van der Waals surface area (Å²) in [5, 5.41) is 0.630. The van der Waals surface area contributed by atoms with E-state index in [0.717, 1.165) is 13.0 Å². The maximum absolute atomic E-state index is 5.87. The molecule has 1 aromatic rings. The van der Waals surface area contributed by atoms with Crippen molar-refractivity contribution in [1.29, 1.82) is 0 Å². The molecule has 3 heteroatoms. The summed E-state index contributed by atoms with van der Waals surface area (Å²) in [6, 6.07) is 6.41. The summed E-state index contributed by atoms with van der Waals surface area (Å²) in [5.74, 6) is 0. The molecule has 1 atom stereocenters. The third-order valence-electron chi connectivity index (χ3n) is 2.84. The molecular formula is C12H19ClN2. The first-order chi connectivity index (χ1) is 7.04. The number of rotatable bonds is 4. The first-order valence-corrected chi connectivity index (χ1v) is 5.66. The summed E-state index contributed by atoms with van der Waals surface area (Å²) in [7, 11) is 2.12. The van der Waals surface area contributed by atoms with Crippen molar-refractivity contribution in [3.05, 3.63) is 28.8 Å². The van der Waals surface area contributed by atoms with Crippen LogP contribution in [0.25, 0.3) is 0 Å². The fourth-order valence-electron chi connectivity index (χ4n) is 1.45. The van der Waals surface area contributed by atoms with Crippen molar-refractivity contribution in [2.45, 2.75) is 32.9 Å². The highest BCUT2D eigenvalue weighted by molar-refractivity contribution is 6.33. The van der Waals surface area contributed by atoms with E-state index in [1.54, 1.807) is 0 Å². The highest BCUT2D eigenvalue weighted by Crippen LogP contribution is 2.20. The summed E-state index contributed by atoms with van der Waals surface area (Å²) < 4.78 is 0. The normalized spacial score (nSPS) is 13.1. The number of hydrogen-bond acceptors (Lipinski definition) is 2. The van der Waals surface area contributed by atoms with E-state index in [-0.39, 0.29) is 0 Å². The van der Waals surface area contributed by atoms with E-state index >= 15 is 0 Å². The van der Waals surface area contributed by atoms with Gasteiger partial charge in [-0.2, -0.15) is 0 Å². The number of nitrogens with two attached hydrogens (primary N) is 1. The lowest BCUT2D eigenvalue weighted by atomic mass is 10.1. The minimum absolute atomic E-state index is 0.585. The summed E-state index contributed by atoms with van der Waals surface area (Å²) in [6.07, 6.45) is 1.15. The topological polar surface area (TPSA) is 29.3 Å². The van der Waals surface area contributed by atoms with Gasteiger partial charge >= 0.3 is 0 Å². The van der Waals surface area contributed by atoms with Crippen molar-refractivity contribution in [2.75, 3.05) is 12.8 Å². The zero-order chi connectivity index (χ0) is 11.4. The molecule has 1 rings (SSSR count). The zero-order valence-corrected chi connectivity index (χ0v) is 10.4. The molecule has 0 radical (unpaired) electrons. The molecule has 0 aromatic heterocycles. The van der Waals surface area contributed by atoms with Gasteiger partial charge < -0.3 is 5.73 Å². The van der Waals surface area contributed by atoms with Gasteiger partial charge in [0.2, 0.25) is 0 Å². The Kier molecular flexibility index (Phi) is 4.43. The highest BCUT2D eigenvalue weighted by atomic mass is 35.5. The molecule has 0 heterocycles. The van der Waals surface area contributed by atoms with E-state index in [9.17, 15) is 0 Å².